The van der Waals surface area contributed by atoms with E-state index >= 15 is 0 Å². The molecule has 0 N–H and O–H groups in total. The maximum Gasteiger partial charge on any atom is 0.260 e. The highest BCUT2D eigenvalue weighted by atomic mass is 32.1. The molecule has 0 saturated carbocycles. The second-order valence-corrected chi connectivity index (χ2v) is 9.00. The molecular formula is C26H24N4OS. The average Bonchev–Trinajstić information content (AvgIpc) is 3.49. The Balaban J connectivity index is 1.54. The molecule has 0 aliphatic rings. The van der Waals surface area contributed by atoms with E-state index in [0.29, 0.717) is 12.1 Å². The minimum absolute atomic E-state index is 0.0131. The van der Waals surface area contributed by atoms with E-state index in [1.54, 1.807) is 23.9 Å². The molecule has 32 heavy (non-hydrogen) atoms. The van der Waals surface area contributed by atoms with Crippen molar-refractivity contribution in [2.75, 3.05) is 11.4 Å². The topological polar surface area (TPSA) is 51.0 Å². The molecule has 5 rings (SSSR count). The van der Waals surface area contributed by atoms with E-state index in [0.717, 1.165) is 39.1 Å². The second kappa shape index (κ2) is 8.55. The van der Waals surface area contributed by atoms with Gasteiger partial charge >= 0.3 is 0 Å². The van der Waals surface area contributed by atoms with Gasteiger partial charge in [0.1, 0.15) is 0 Å². The number of carbonyl (C=O) groups excluding carboxylic acids is 1. The van der Waals surface area contributed by atoms with Gasteiger partial charge in [-0.15, -0.1) is 0 Å². The number of fused-ring (bicyclic) bond motifs is 2. The quantitative estimate of drug-likeness (QED) is 0.325. The number of nitrogens with zero attached hydrogens (tertiary/aromatic N) is 4. The standard InChI is InChI=1S/C26H24N4OS/c1-18-11-12-23-24(19(18)2)28-26(32-23)30(15-6-14-29-16-13-27-17-29)25(31)22-10-5-8-20-7-3-4-9-21(20)22/h3-5,7-13,16-17H,6,14-15H2,1-2H3. The first-order valence-electron chi connectivity index (χ1n) is 10.7. The molecule has 2 heterocycles. The fourth-order valence-electron chi connectivity index (χ4n) is 4.00. The van der Waals surface area contributed by atoms with Crippen molar-refractivity contribution in [3.05, 3.63) is 90.0 Å². The molecule has 0 bridgehead atoms. The first-order chi connectivity index (χ1) is 15.6. The van der Waals surface area contributed by atoms with Crippen LogP contribution in [-0.4, -0.2) is 27.0 Å². The minimum Gasteiger partial charge on any atom is -0.337 e. The van der Waals surface area contributed by atoms with Crippen molar-refractivity contribution >= 4 is 43.4 Å². The summed E-state index contributed by atoms with van der Waals surface area (Å²) in [6.45, 7) is 5.56. The molecule has 2 aromatic heterocycles. The molecule has 0 radical (unpaired) electrons. The second-order valence-electron chi connectivity index (χ2n) is 7.99. The largest absolute Gasteiger partial charge is 0.337 e. The van der Waals surface area contributed by atoms with Crippen molar-refractivity contribution in [3.8, 4) is 0 Å². The lowest BCUT2D eigenvalue weighted by atomic mass is 10.0. The maximum absolute atomic E-state index is 13.9. The molecule has 0 saturated heterocycles. The number of aryl methyl sites for hydroxylation is 3. The van der Waals surface area contributed by atoms with Gasteiger partial charge < -0.3 is 4.57 Å². The summed E-state index contributed by atoms with van der Waals surface area (Å²) in [5.74, 6) is -0.0131. The third kappa shape index (κ3) is 3.78. The first-order valence-corrected chi connectivity index (χ1v) is 11.6. The smallest absolute Gasteiger partial charge is 0.260 e. The zero-order valence-electron chi connectivity index (χ0n) is 18.2. The van der Waals surface area contributed by atoms with Crippen LogP contribution in [0.5, 0.6) is 0 Å². The van der Waals surface area contributed by atoms with Crippen molar-refractivity contribution in [2.45, 2.75) is 26.8 Å². The maximum atomic E-state index is 13.9. The van der Waals surface area contributed by atoms with Crippen LogP contribution in [0.3, 0.4) is 0 Å². The van der Waals surface area contributed by atoms with Crippen LogP contribution in [0.25, 0.3) is 21.0 Å². The minimum atomic E-state index is -0.0131. The van der Waals surface area contributed by atoms with Gasteiger partial charge in [0.15, 0.2) is 5.13 Å². The van der Waals surface area contributed by atoms with Gasteiger partial charge in [0.05, 0.1) is 16.5 Å². The van der Waals surface area contributed by atoms with Gasteiger partial charge in [-0.25, -0.2) is 9.97 Å². The molecule has 5 nitrogen and oxygen atoms in total. The Morgan fingerprint density at radius 2 is 1.91 bits per heavy atom. The number of carbonyl (C=O) groups is 1. The van der Waals surface area contributed by atoms with Crippen LogP contribution >= 0.6 is 11.3 Å². The van der Waals surface area contributed by atoms with Crippen molar-refractivity contribution in [1.82, 2.24) is 14.5 Å². The van der Waals surface area contributed by atoms with Crippen LogP contribution in [0.4, 0.5) is 5.13 Å². The van der Waals surface area contributed by atoms with Crippen LogP contribution in [0.2, 0.25) is 0 Å². The number of thiazole rings is 1. The molecule has 0 fully saturated rings. The number of imidazole rings is 1. The fraction of sp³-hybridized carbons (Fsp3) is 0.192. The van der Waals surface area contributed by atoms with Gasteiger partial charge in [-0.2, -0.15) is 0 Å². The summed E-state index contributed by atoms with van der Waals surface area (Å²) in [7, 11) is 0. The van der Waals surface area contributed by atoms with Crippen LogP contribution in [0.1, 0.15) is 27.9 Å². The van der Waals surface area contributed by atoms with E-state index in [9.17, 15) is 4.79 Å². The summed E-state index contributed by atoms with van der Waals surface area (Å²) in [5.41, 5.74) is 4.07. The predicted molar refractivity (Wildman–Crippen MR) is 132 cm³/mol. The zero-order valence-corrected chi connectivity index (χ0v) is 19.0. The molecule has 0 unspecified atom stereocenters. The Morgan fingerprint density at radius 3 is 2.75 bits per heavy atom. The predicted octanol–water partition coefficient (Wildman–Crippen LogP) is 6.00. The molecular weight excluding hydrogens is 416 g/mol. The summed E-state index contributed by atoms with van der Waals surface area (Å²) in [5, 5.41) is 2.78. The Kier molecular flexibility index (Phi) is 5.45. The zero-order chi connectivity index (χ0) is 22.1. The summed E-state index contributed by atoms with van der Waals surface area (Å²) < 4.78 is 3.14. The van der Waals surface area contributed by atoms with Crippen LogP contribution in [-0.2, 0) is 6.54 Å². The number of amides is 1. The van der Waals surface area contributed by atoms with Gasteiger partial charge in [0, 0.05) is 31.0 Å². The van der Waals surface area contributed by atoms with Gasteiger partial charge in [-0.05, 0) is 54.3 Å². The highest BCUT2D eigenvalue weighted by molar-refractivity contribution is 7.22. The van der Waals surface area contributed by atoms with E-state index in [-0.39, 0.29) is 5.91 Å². The number of aromatic nitrogens is 3. The molecule has 3 aromatic carbocycles. The van der Waals surface area contributed by atoms with Crippen molar-refractivity contribution < 1.29 is 4.79 Å². The number of rotatable bonds is 6. The van der Waals surface area contributed by atoms with Crippen molar-refractivity contribution in [3.63, 3.8) is 0 Å². The van der Waals surface area contributed by atoms with Crippen LogP contribution < -0.4 is 4.90 Å². The first kappa shape index (κ1) is 20.4. The third-order valence-electron chi connectivity index (χ3n) is 5.93. The summed E-state index contributed by atoms with van der Waals surface area (Å²) >= 11 is 1.58. The van der Waals surface area contributed by atoms with Crippen LogP contribution in [0.15, 0.2) is 73.3 Å². The summed E-state index contributed by atoms with van der Waals surface area (Å²) in [4.78, 5) is 24.7. The lowest BCUT2D eigenvalue weighted by molar-refractivity contribution is 0.0988. The van der Waals surface area contributed by atoms with Gasteiger partial charge in [0.25, 0.3) is 5.91 Å². The average molecular weight is 441 g/mol. The van der Waals surface area contributed by atoms with E-state index in [2.05, 4.69) is 31.0 Å². The van der Waals surface area contributed by atoms with Gasteiger partial charge in [0.2, 0.25) is 0 Å². The molecule has 6 heteroatoms. The molecule has 0 spiro atoms. The molecule has 0 aliphatic carbocycles. The Morgan fingerprint density at radius 1 is 1.06 bits per heavy atom. The normalized spacial score (nSPS) is 11.3. The molecule has 160 valence electrons. The summed E-state index contributed by atoms with van der Waals surface area (Å²) in [6, 6.07) is 18.2. The molecule has 5 aromatic rings. The van der Waals surface area contributed by atoms with E-state index < -0.39 is 0 Å². The third-order valence-corrected chi connectivity index (χ3v) is 6.97. The lowest BCUT2D eigenvalue weighted by Gasteiger charge is -2.21. The highest BCUT2D eigenvalue weighted by Gasteiger charge is 2.23. The van der Waals surface area contributed by atoms with Gasteiger partial charge in [-0.1, -0.05) is 53.8 Å². The molecule has 0 atom stereocenters. The van der Waals surface area contributed by atoms with Crippen molar-refractivity contribution in [2.24, 2.45) is 0 Å². The Bertz CT molecular complexity index is 1400. The Hall–Kier alpha value is -3.51. The SMILES string of the molecule is Cc1ccc2sc(N(CCCn3ccnc3)C(=O)c3cccc4ccccc34)nc2c1C. The van der Waals surface area contributed by atoms with Crippen molar-refractivity contribution in [1.29, 1.82) is 0 Å². The highest BCUT2D eigenvalue weighted by Crippen LogP contribution is 2.33. The van der Waals surface area contributed by atoms with Crippen LogP contribution in [0, 0.1) is 13.8 Å². The molecule has 1 amide bonds. The number of benzene rings is 3. The fourth-order valence-corrected chi connectivity index (χ4v) is 5.05. The number of anilines is 1. The Labute approximate surface area is 191 Å². The van der Waals surface area contributed by atoms with Gasteiger partial charge in [-0.3, -0.25) is 9.69 Å². The van der Waals surface area contributed by atoms with E-state index in [1.807, 2.05) is 58.1 Å². The number of hydrogen-bond donors (Lipinski definition) is 0. The molecule has 0 aliphatic heterocycles. The number of hydrogen-bond acceptors (Lipinski definition) is 4. The lowest BCUT2D eigenvalue weighted by Crippen LogP contribution is -2.32. The monoisotopic (exact) mass is 440 g/mol. The summed E-state index contributed by atoms with van der Waals surface area (Å²) in [6.07, 6.45) is 6.33. The van der Waals surface area contributed by atoms with E-state index in [4.69, 9.17) is 4.98 Å². The van der Waals surface area contributed by atoms with E-state index in [1.165, 1.54) is 11.1 Å².